The van der Waals surface area contributed by atoms with Crippen molar-refractivity contribution in [1.29, 1.82) is 0 Å². The van der Waals surface area contributed by atoms with Crippen LogP contribution < -0.4 is 11.3 Å². The lowest BCUT2D eigenvalue weighted by atomic mass is 10.1. The lowest BCUT2D eigenvalue weighted by molar-refractivity contribution is 0.605. The molecule has 0 saturated heterocycles. The summed E-state index contributed by atoms with van der Waals surface area (Å²) in [5, 5.41) is 0.623. The van der Waals surface area contributed by atoms with Crippen molar-refractivity contribution in [3.05, 3.63) is 29.6 Å². The van der Waals surface area contributed by atoms with E-state index >= 15 is 0 Å². The van der Waals surface area contributed by atoms with Gasteiger partial charge in [-0.15, -0.1) is 0 Å². The monoisotopic (exact) mass is 225 g/mol. The zero-order valence-electron chi connectivity index (χ0n) is 9.53. The van der Waals surface area contributed by atoms with Crippen molar-refractivity contribution in [3.8, 4) is 0 Å². The van der Waals surface area contributed by atoms with E-state index in [4.69, 9.17) is 5.84 Å². The second-order valence-electron chi connectivity index (χ2n) is 3.83. The Balaban J connectivity index is 2.70. The zero-order chi connectivity index (χ0) is 11.3. The Morgan fingerprint density at radius 3 is 2.80 bits per heavy atom. The van der Waals surface area contributed by atoms with Gasteiger partial charge in [0.05, 0.1) is 6.04 Å². The van der Waals surface area contributed by atoms with Gasteiger partial charge in [0.2, 0.25) is 0 Å². The highest BCUT2D eigenvalue weighted by Gasteiger charge is 2.12. The van der Waals surface area contributed by atoms with Gasteiger partial charge in [0.1, 0.15) is 0 Å². The molecule has 1 rings (SSSR count). The maximum atomic E-state index is 5.57. The van der Waals surface area contributed by atoms with E-state index < -0.39 is 0 Å². The van der Waals surface area contributed by atoms with Crippen LogP contribution in [0.15, 0.2) is 18.5 Å². The molecule has 15 heavy (non-hydrogen) atoms. The molecule has 1 aromatic heterocycles. The molecule has 3 N–H and O–H groups in total. The Bertz CT molecular complexity index is 302. The van der Waals surface area contributed by atoms with Crippen molar-refractivity contribution in [3.63, 3.8) is 0 Å². The topological polar surface area (TPSA) is 50.9 Å². The number of rotatable bonds is 5. The molecule has 3 nitrogen and oxygen atoms in total. The predicted octanol–water partition coefficient (Wildman–Crippen LogP) is 2.04. The number of hydrogen-bond acceptors (Lipinski definition) is 4. The standard InChI is InChI=1S/C11H19N3S/c1-8(2)15-7-11(14-12)10-6-13-5-4-9(10)3/h4-6,8,11,14H,7,12H2,1-3H3. The molecule has 0 spiro atoms. The van der Waals surface area contributed by atoms with E-state index in [1.807, 2.05) is 30.2 Å². The van der Waals surface area contributed by atoms with Crippen LogP contribution in [0.5, 0.6) is 0 Å². The summed E-state index contributed by atoms with van der Waals surface area (Å²) >= 11 is 1.90. The molecule has 1 atom stereocenters. The SMILES string of the molecule is Cc1ccncc1C(CSC(C)C)NN. The van der Waals surface area contributed by atoms with Crippen LogP contribution in [0, 0.1) is 6.92 Å². The minimum Gasteiger partial charge on any atom is -0.271 e. The number of pyridine rings is 1. The first-order valence-corrected chi connectivity index (χ1v) is 6.18. The fourth-order valence-corrected chi connectivity index (χ4v) is 2.21. The smallest absolute Gasteiger partial charge is 0.0568 e. The van der Waals surface area contributed by atoms with Gasteiger partial charge in [-0.25, -0.2) is 0 Å². The average Bonchev–Trinajstić information content (AvgIpc) is 2.21. The van der Waals surface area contributed by atoms with Gasteiger partial charge < -0.3 is 0 Å². The third-order valence-corrected chi connectivity index (χ3v) is 3.44. The zero-order valence-corrected chi connectivity index (χ0v) is 10.3. The van der Waals surface area contributed by atoms with Crippen LogP contribution in [0.2, 0.25) is 0 Å². The van der Waals surface area contributed by atoms with Crippen molar-refractivity contribution in [1.82, 2.24) is 10.4 Å². The van der Waals surface area contributed by atoms with Gasteiger partial charge in [-0.05, 0) is 29.4 Å². The molecular formula is C11H19N3S. The summed E-state index contributed by atoms with van der Waals surface area (Å²) in [5.41, 5.74) is 5.28. The molecule has 1 unspecified atom stereocenters. The Labute approximate surface area is 95.8 Å². The lowest BCUT2D eigenvalue weighted by Gasteiger charge is -2.18. The minimum absolute atomic E-state index is 0.186. The second kappa shape index (κ2) is 6.10. The fourth-order valence-electron chi connectivity index (χ4n) is 1.36. The van der Waals surface area contributed by atoms with Crippen LogP contribution in [0.25, 0.3) is 0 Å². The normalized spacial score (nSPS) is 13.1. The lowest BCUT2D eigenvalue weighted by Crippen LogP contribution is -2.30. The summed E-state index contributed by atoms with van der Waals surface area (Å²) in [6.45, 7) is 6.46. The average molecular weight is 225 g/mol. The summed E-state index contributed by atoms with van der Waals surface area (Å²) in [7, 11) is 0. The van der Waals surface area contributed by atoms with E-state index in [2.05, 4.69) is 31.2 Å². The van der Waals surface area contributed by atoms with Crippen molar-refractivity contribution >= 4 is 11.8 Å². The highest BCUT2D eigenvalue weighted by molar-refractivity contribution is 7.99. The van der Waals surface area contributed by atoms with Crippen LogP contribution in [0.4, 0.5) is 0 Å². The van der Waals surface area contributed by atoms with E-state index in [0.717, 1.165) is 5.75 Å². The molecule has 0 radical (unpaired) electrons. The minimum atomic E-state index is 0.186. The predicted molar refractivity (Wildman–Crippen MR) is 66.6 cm³/mol. The number of hydrogen-bond donors (Lipinski definition) is 2. The van der Waals surface area contributed by atoms with E-state index in [0.29, 0.717) is 5.25 Å². The quantitative estimate of drug-likeness (QED) is 0.595. The molecule has 84 valence electrons. The number of hydrazine groups is 1. The van der Waals surface area contributed by atoms with Crippen LogP contribution >= 0.6 is 11.8 Å². The van der Waals surface area contributed by atoms with E-state index in [9.17, 15) is 0 Å². The highest BCUT2D eigenvalue weighted by Crippen LogP contribution is 2.22. The van der Waals surface area contributed by atoms with Crippen molar-refractivity contribution < 1.29 is 0 Å². The highest BCUT2D eigenvalue weighted by atomic mass is 32.2. The maximum absolute atomic E-state index is 5.57. The number of aryl methyl sites for hydroxylation is 1. The molecule has 0 bridgehead atoms. The van der Waals surface area contributed by atoms with Crippen molar-refractivity contribution in [2.45, 2.75) is 32.1 Å². The summed E-state index contributed by atoms with van der Waals surface area (Å²) in [6.07, 6.45) is 3.70. The van der Waals surface area contributed by atoms with Gasteiger partial charge >= 0.3 is 0 Å². The van der Waals surface area contributed by atoms with E-state index in [1.165, 1.54) is 11.1 Å². The molecule has 0 aromatic carbocycles. The molecule has 0 aliphatic carbocycles. The molecule has 0 fully saturated rings. The first kappa shape index (κ1) is 12.5. The van der Waals surface area contributed by atoms with E-state index in [-0.39, 0.29) is 6.04 Å². The molecule has 4 heteroatoms. The number of nitrogens with one attached hydrogen (secondary N) is 1. The summed E-state index contributed by atoms with van der Waals surface area (Å²) < 4.78 is 0. The van der Waals surface area contributed by atoms with Crippen LogP contribution in [-0.4, -0.2) is 16.0 Å². The first-order chi connectivity index (χ1) is 7.15. The third-order valence-electron chi connectivity index (χ3n) is 2.25. The Kier molecular flexibility index (Phi) is 5.08. The Morgan fingerprint density at radius 2 is 2.27 bits per heavy atom. The summed E-state index contributed by atoms with van der Waals surface area (Å²) in [5.74, 6) is 6.54. The number of thioether (sulfide) groups is 1. The van der Waals surface area contributed by atoms with Crippen LogP contribution in [-0.2, 0) is 0 Å². The van der Waals surface area contributed by atoms with Gasteiger partial charge in [0.25, 0.3) is 0 Å². The number of nitrogens with zero attached hydrogens (tertiary/aromatic N) is 1. The summed E-state index contributed by atoms with van der Waals surface area (Å²) in [4.78, 5) is 4.14. The van der Waals surface area contributed by atoms with Crippen LogP contribution in [0.1, 0.15) is 31.0 Å². The Morgan fingerprint density at radius 1 is 1.53 bits per heavy atom. The maximum Gasteiger partial charge on any atom is 0.0568 e. The van der Waals surface area contributed by atoms with Gasteiger partial charge in [-0.2, -0.15) is 11.8 Å². The van der Waals surface area contributed by atoms with Gasteiger partial charge in [0, 0.05) is 18.1 Å². The second-order valence-corrected chi connectivity index (χ2v) is 5.44. The summed E-state index contributed by atoms with van der Waals surface area (Å²) in [6, 6.07) is 2.20. The number of aromatic nitrogens is 1. The fraction of sp³-hybridized carbons (Fsp3) is 0.545. The molecular weight excluding hydrogens is 206 g/mol. The van der Waals surface area contributed by atoms with Gasteiger partial charge in [0.15, 0.2) is 0 Å². The first-order valence-electron chi connectivity index (χ1n) is 5.13. The molecule has 1 aromatic rings. The third kappa shape index (κ3) is 3.81. The molecule has 0 aliphatic heterocycles. The molecule has 1 heterocycles. The van der Waals surface area contributed by atoms with Crippen LogP contribution in [0.3, 0.4) is 0 Å². The molecule has 0 aliphatic rings. The van der Waals surface area contributed by atoms with E-state index in [1.54, 1.807) is 0 Å². The number of nitrogens with two attached hydrogens (primary N) is 1. The van der Waals surface area contributed by atoms with Gasteiger partial charge in [-0.3, -0.25) is 16.3 Å². The largest absolute Gasteiger partial charge is 0.271 e. The Hall–Kier alpha value is -0.580. The van der Waals surface area contributed by atoms with Crippen molar-refractivity contribution in [2.24, 2.45) is 5.84 Å². The molecule has 0 saturated carbocycles. The van der Waals surface area contributed by atoms with Gasteiger partial charge in [-0.1, -0.05) is 13.8 Å². The molecule has 0 amide bonds. The van der Waals surface area contributed by atoms with Crippen molar-refractivity contribution in [2.75, 3.05) is 5.75 Å².